The second kappa shape index (κ2) is 11.5. The summed E-state index contributed by atoms with van der Waals surface area (Å²) in [4.78, 5) is 12.7. The minimum atomic E-state index is -0.354. The minimum absolute atomic E-state index is 0.204. The number of benzene rings is 2. The molecule has 0 aliphatic carbocycles. The molecule has 0 fully saturated rings. The first kappa shape index (κ1) is 24.9. The van der Waals surface area contributed by atoms with Crippen LogP contribution in [0.5, 0.6) is 17.2 Å². The third-order valence-electron chi connectivity index (χ3n) is 5.50. The van der Waals surface area contributed by atoms with Gasteiger partial charge >= 0.3 is 0 Å². The van der Waals surface area contributed by atoms with Gasteiger partial charge in [-0.15, -0.1) is 0 Å². The number of nitrogens with one attached hydrogen (secondary N) is 1. The molecule has 8 nitrogen and oxygen atoms in total. The lowest BCUT2D eigenvalue weighted by molar-refractivity contribution is 0.0992. The van der Waals surface area contributed by atoms with E-state index in [0.29, 0.717) is 42.7 Å². The van der Waals surface area contributed by atoms with Crippen molar-refractivity contribution in [3.05, 3.63) is 89.1 Å². The molecule has 0 aliphatic heterocycles. The molecule has 1 amide bonds. The number of furan rings is 1. The number of carbonyl (C=O) groups is 1. The average molecular weight is 490 g/mol. The molecule has 4 aromatic rings. The molecule has 0 saturated heterocycles. The lowest BCUT2D eigenvalue weighted by Crippen LogP contribution is -2.10. The molecule has 8 heteroatoms. The lowest BCUT2D eigenvalue weighted by Gasteiger charge is -2.12. The molecule has 0 atom stereocenters. The molecule has 0 radical (unpaired) electrons. The molecule has 0 bridgehead atoms. The average Bonchev–Trinajstić information content (AvgIpc) is 3.50. The van der Waals surface area contributed by atoms with Crippen molar-refractivity contribution in [3.8, 4) is 17.2 Å². The van der Waals surface area contributed by atoms with Gasteiger partial charge in [0.15, 0.2) is 17.3 Å². The largest absolute Gasteiger partial charge is 0.490 e. The van der Waals surface area contributed by atoms with Crippen LogP contribution in [0.4, 0.5) is 5.69 Å². The summed E-state index contributed by atoms with van der Waals surface area (Å²) in [6.45, 7) is 9.74. The summed E-state index contributed by atoms with van der Waals surface area (Å²) in [7, 11) is 0. The summed E-state index contributed by atoms with van der Waals surface area (Å²) in [6.07, 6.45) is 3.37. The molecule has 0 aliphatic rings. The number of hydrogen-bond acceptors (Lipinski definition) is 6. The number of aryl methyl sites for hydroxylation is 2. The Morgan fingerprint density at radius 2 is 1.72 bits per heavy atom. The Bertz CT molecular complexity index is 1300. The Balaban J connectivity index is 1.35. The fourth-order valence-corrected chi connectivity index (χ4v) is 3.84. The number of carbonyl (C=O) groups excluding carboxylic acids is 1. The van der Waals surface area contributed by atoms with Crippen molar-refractivity contribution in [3.63, 3.8) is 0 Å². The Labute approximate surface area is 210 Å². The van der Waals surface area contributed by atoms with E-state index in [1.54, 1.807) is 29.2 Å². The fourth-order valence-electron chi connectivity index (χ4n) is 3.84. The van der Waals surface area contributed by atoms with Crippen LogP contribution in [0.1, 0.15) is 46.9 Å². The van der Waals surface area contributed by atoms with Crippen molar-refractivity contribution in [2.24, 2.45) is 0 Å². The summed E-state index contributed by atoms with van der Waals surface area (Å²) in [5.41, 5.74) is 3.68. The van der Waals surface area contributed by atoms with Gasteiger partial charge in [0, 0.05) is 6.20 Å². The first-order valence-electron chi connectivity index (χ1n) is 12.0. The quantitative estimate of drug-likeness (QED) is 0.288. The number of para-hydroxylation sites is 1. The van der Waals surface area contributed by atoms with E-state index in [1.165, 1.54) is 0 Å². The second-order valence-corrected chi connectivity index (χ2v) is 8.30. The normalized spacial score (nSPS) is 10.8. The molecule has 2 heterocycles. The molecular weight excluding hydrogens is 458 g/mol. The topological polar surface area (TPSA) is 87.8 Å². The highest BCUT2D eigenvalue weighted by Gasteiger charge is 2.14. The minimum Gasteiger partial charge on any atom is -0.490 e. The zero-order valence-electron chi connectivity index (χ0n) is 21.0. The summed E-state index contributed by atoms with van der Waals surface area (Å²) >= 11 is 0. The van der Waals surface area contributed by atoms with Gasteiger partial charge in [-0.25, -0.2) is 0 Å². The third-order valence-corrected chi connectivity index (χ3v) is 5.50. The van der Waals surface area contributed by atoms with Gasteiger partial charge in [-0.2, -0.15) is 5.10 Å². The van der Waals surface area contributed by atoms with E-state index >= 15 is 0 Å². The van der Waals surface area contributed by atoms with Gasteiger partial charge in [0.2, 0.25) is 0 Å². The highest BCUT2D eigenvalue weighted by molar-refractivity contribution is 6.02. The molecule has 2 aromatic heterocycles. The van der Waals surface area contributed by atoms with E-state index in [-0.39, 0.29) is 18.3 Å². The third kappa shape index (κ3) is 6.07. The van der Waals surface area contributed by atoms with Crippen LogP contribution in [-0.2, 0) is 13.2 Å². The Kier molecular flexibility index (Phi) is 7.95. The number of aromatic nitrogens is 2. The van der Waals surface area contributed by atoms with Crippen LogP contribution in [0.2, 0.25) is 0 Å². The van der Waals surface area contributed by atoms with E-state index in [0.717, 1.165) is 22.4 Å². The van der Waals surface area contributed by atoms with E-state index in [2.05, 4.69) is 10.4 Å². The molecule has 188 valence electrons. The van der Waals surface area contributed by atoms with Crippen LogP contribution in [0.3, 0.4) is 0 Å². The van der Waals surface area contributed by atoms with E-state index < -0.39 is 0 Å². The molecule has 4 rings (SSSR count). The van der Waals surface area contributed by atoms with E-state index in [9.17, 15) is 4.79 Å². The van der Waals surface area contributed by atoms with Gasteiger partial charge in [0.05, 0.1) is 31.6 Å². The van der Waals surface area contributed by atoms with Crippen LogP contribution in [0.15, 0.2) is 65.3 Å². The van der Waals surface area contributed by atoms with Crippen LogP contribution in [0.25, 0.3) is 0 Å². The standard InChI is InChI=1S/C28H31N3O5/c1-5-33-24-12-10-21(14-26(24)34-6-2)16-31-17-22(15-29-31)30-28(32)25-13-11-23(36-25)18-35-27-19(3)8-7-9-20(27)4/h7-15,17H,5-6,16,18H2,1-4H3,(H,30,32). The maximum absolute atomic E-state index is 12.7. The van der Waals surface area contributed by atoms with Crippen LogP contribution in [-0.4, -0.2) is 28.9 Å². The number of hydrogen-bond donors (Lipinski definition) is 1. The molecule has 36 heavy (non-hydrogen) atoms. The van der Waals surface area contributed by atoms with Crippen LogP contribution < -0.4 is 19.5 Å². The van der Waals surface area contributed by atoms with Crippen molar-refractivity contribution in [2.45, 2.75) is 40.8 Å². The van der Waals surface area contributed by atoms with Gasteiger partial charge in [-0.3, -0.25) is 9.48 Å². The van der Waals surface area contributed by atoms with Gasteiger partial charge in [0.25, 0.3) is 5.91 Å². The van der Waals surface area contributed by atoms with Crippen molar-refractivity contribution < 1.29 is 23.4 Å². The van der Waals surface area contributed by atoms with Crippen LogP contribution in [0, 0.1) is 13.8 Å². The summed E-state index contributed by atoms with van der Waals surface area (Å²) in [6, 6.07) is 15.2. The number of amides is 1. The molecular formula is C28H31N3O5. The van der Waals surface area contributed by atoms with Gasteiger partial charge < -0.3 is 23.9 Å². The van der Waals surface area contributed by atoms with Gasteiger partial charge in [-0.1, -0.05) is 24.3 Å². The first-order chi connectivity index (χ1) is 17.5. The summed E-state index contributed by atoms with van der Waals surface area (Å²) in [5.74, 6) is 2.66. The lowest BCUT2D eigenvalue weighted by atomic mass is 10.1. The van der Waals surface area contributed by atoms with Gasteiger partial charge in [0.1, 0.15) is 18.1 Å². The van der Waals surface area contributed by atoms with Crippen LogP contribution >= 0.6 is 0 Å². The zero-order chi connectivity index (χ0) is 25.5. The highest BCUT2D eigenvalue weighted by atomic mass is 16.5. The summed E-state index contributed by atoms with van der Waals surface area (Å²) < 4.78 is 24.7. The Morgan fingerprint density at radius 3 is 2.47 bits per heavy atom. The predicted molar refractivity (Wildman–Crippen MR) is 137 cm³/mol. The van der Waals surface area contributed by atoms with Crippen molar-refractivity contribution in [1.29, 1.82) is 0 Å². The first-order valence-corrected chi connectivity index (χ1v) is 12.0. The van der Waals surface area contributed by atoms with E-state index in [1.807, 2.05) is 64.1 Å². The van der Waals surface area contributed by atoms with E-state index in [4.69, 9.17) is 18.6 Å². The summed E-state index contributed by atoms with van der Waals surface area (Å²) in [5, 5.41) is 7.18. The van der Waals surface area contributed by atoms with Gasteiger partial charge in [-0.05, 0) is 68.7 Å². The number of ether oxygens (including phenoxy) is 3. The van der Waals surface area contributed by atoms with Crippen molar-refractivity contribution in [2.75, 3.05) is 18.5 Å². The Hall–Kier alpha value is -4.20. The number of nitrogens with zero attached hydrogens (tertiary/aromatic N) is 2. The fraction of sp³-hybridized carbons (Fsp3) is 0.286. The Morgan fingerprint density at radius 1 is 0.972 bits per heavy atom. The number of rotatable bonds is 11. The molecule has 0 spiro atoms. The second-order valence-electron chi connectivity index (χ2n) is 8.30. The molecule has 0 saturated carbocycles. The smallest absolute Gasteiger partial charge is 0.291 e. The molecule has 1 N–H and O–H groups in total. The zero-order valence-corrected chi connectivity index (χ0v) is 21.0. The SMILES string of the molecule is CCOc1ccc(Cn2cc(NC(=O)c3ccc(COc4c(C)cccc4C)o3)cn2)cc1OCC. The van der Waals surface area contributed by atoms with Crippen molar-refractivity contribution in [1.82, 2.24) is 9.78 Å². The van der Waals surface area contributed by atoms with Crippen molar-refractivity contribution >= 4 is 11.6 Å². The highest BCUT2D eigenvalue weighted by Crippen LogP contribution is 2.29. The predicted octanol–water partition coefficient (Wildman–Crippen LogP) is 5.77. The maximum atomic E-state index is 12.7. The molecule has 2 aromatic carbocycles. The number of anilines is 1. The monoisotopic (exact) mass is 489 g/mol. The maximum Gasteiger partial charge on any atom is 0.291 e. The molecule has 0 unspecified atom stereocenters.